The topological polar surface area (TPSA) is 72.9 Å². The third-order valence-corrected chi connectivity index (χ3v) is 6.97. The van der Waals surface area contributed by atoms with Crippen molar-refractivity contribution in [3.8, 4) is 0 Å². The Morgan fingerprint density at radius 3 is 2.12 bits per heavy atom. The zero-order valence-electron chi connectivity index (χ0n) is 19.7. The fourth-order valence-corrected chi connectivity index (χ4v) is 4.99. The summed E-state index contributed by atoms with van der Waals surface area (Å²) in [5.74, 6) is -0.630. The molecule has 1 aliphatic heterocycles. The number of carbonyl (C=O) groups excluding carboxylic acids is 2. The average molecular weight is 462 g/mol. The van der Waals surface area contributed by atoms with Gasteiger partial charge in [0.15, 0.2) is 11.6 Å². The van der Waals surface area contributed by atoms with Crippen LogP contribution in [-0.4, -0.2) is 78.9 Å². The van der Waals surface area contributed by atoms with Gasteiger partial charge in [-0.25, -0.2) is 0 Å². The standard InChI is InChI=1S/C28H35N3O3/c32-18-17-31-15-13-30(14-16-31)12-11-29-21-26-27(33)24(19-22-7-3-1-4-8-22)20-25(28(26)34)23-9-5-2-6-10-23/h1-10,21,24-25,29,32H,11-20H2/b26-21+/t24-,25?/m0/s1. The van der Waals surface area contributed by atoms with Crippen LogP contribution in [0.4, 0.5) is 0 Å². The maximum absolute atomic E-state index is 13.4. The van der Waals surface area contributed by atoms with E-state index in [0.717, 1.165) is 50.4 Å². The quantitative estimate of drug-likeness (QED) is 0.339. The van der Waals surface area contributed by atoms with Crippen LogP contribution in [0, 0.1) is 5.92 Å². The number of aliphatic hydroxyl groups excluding tert-OH is 1. The maximum atomic E-state index is 13.4. The lowest BCUT2D eigenvalue weighted by molar-refractivity contribution is -0.128. The van der Waals surface area contributed by atoms with Crippen molar-refractivity contribution in [1.82, 2.24) is 15.1 Å². The van der Waals surface area contributed by atoms with Gasteiger partial charge in [-0.15, -0.1) is 0 Å². The fourth-order valence-electron chi connectivity index (χ4n) is 4.99. The summed E-state index contributed by atoms with van der Waals surface area (Å²) in [5.41, 5.74) is 2.40. The molecule has 180 valence electrons. The van der Waals surface area contributed by atoms with Crippen LogP contribution < -0.4 is 5.32 Å². The highest BCUT2D eigenvalue weighted by Gasteiger charge is 2.39. The number of nitrogens with one attached hydrogen (secondary N) is 1. The van der Waals surface area contributed by atoms with Crippen LogP contribution in [0.25, 0.3) is 0 Å². The van der Waals surface area contributed by atoms with Crippen LogP contribution in [0.1, 0.15) is 23.5 Å². The van der Waals surface area contributed by atoms with Gasteiger partial charge < -0.3 is 10.4 Å². The predicted octanol–water partition coefficient (Wildman–Crippen LogP) is 2.25. The van der Waals surface area contributed by atoms with Gasteiger partial charge >= 0.3 is 0 Å². The van der Waals surface area contributed by atoms with Gasteiger partial charge in [-0.2, -0.15) is 0 Å². The second-order valence-electron chi connectivity index (χ2n) is 9.23. The molecular formula is C28H35N3O3. The number of piperazine rings is 1. The number of allylic oxidation sites excluding steroid dienone is 1. The first-order valence-electron chi connectivity index (χ1n) is 12.3. The van der Waals surface area contributed by atoms with E-state index in [0.29, 0.717) is 25.0 Å². The summed E-state index contributed by atoms with van der Waals surface area (Å²) in [6, 6.07) is 19.9. The molecule has 1 aliphatic carbocycles. The molecule has 0 amide bonds. The molecule has 1 saturated heterocycles. The first-order chi connectivity index (χ1) is 16.7. The first kappa shape index (κ1) is 24.3. The minimum Gasteiger partial charge on any atom is -0.395 e. The van der Waals surface area contributed by atoms with Crippen LogP contribution in [0.2, 0.25) is 0 Å². The lowest BCUT2D eigenvalue weighted by atomic mass is 9.72. The van der Waals surface area contributed by atoms with Gasteiger partial charge in [0.25, 0.3) is 0 Å². The highest BCUT2D eigenvalue weighted by molar-refractivity contribution is 6.24. The predicted molar refractivity (Wildman–Crippen MR) is 134 cm³/mol. The molecule has 0 aromatic heterocycles. The van der Waals surface area contributed by atoms with E-state index in [4.69, 9.17) is 5.11 Å². The Morgan fingerprint density at radius 2 is 1.47 bits per heavy atom. The Hall–Kier alpha value is -2.80. The number of ketones is 2. The fraction of sp³-hybridized carbons (Fsp3) is 0.429. The van der Waals surface area contributed by atoms with Crippen LogP contribution >= 0.6 is 0 Å². The van der Waals surface area contributed by atoms with Gasteiger partial charge in [0, 0.05) is 63.8 Å². The van der Waals surface area contributed by atoms with E-state index in [1.54, 1.807) is 6.20 Å². The molecule has 6 nitrogen and oxygen atoms in total. The Balaban J connectivity index is 1.41. The van der Waals surface area contributed by atoms with Crippen LogP contribution in [0.15, 0.2) is 72.4 Å². The first-order valence-corrected chi connectivity index (χ1v) is 12.3. The summed E-state index contributed by atoms with van der Waals surface area (Å²) in [5, 5.41) is 12.3. The van der Waals surface area contributed by atoms with Crippen molar-refractivity contribution in [3.05, 3.63) is 83.6 Å². The van der Waals surface area contributed by atoms with Gasteiger partial charge in [-0.1, -0.05) is 60.7 Å². The molecular weight excluding hydrogens is 426 g/mol. The zero-order valence-corrected chi connectivity index (χ0v) is 19.7. The molecule has 1 unspecified atom stereocenters. The van der Waals surface area contributed by atoms with Gasteiger partial charge in [-0.05, 0) is 24.0 Å². The molecule has 34 heavy (non-hydrogen) atoms. The van der Waals surface area contributed by atoms with Crippen molar-refractivity contribution in [2.45, 2.75) is 18.8 Å². The van der Waals surface area contributed by atoms with E-state index in [1.165, 1.54) is 0 Å². The molecule has 6 heteroatoms. The van der Waals surface area contributed by atoms with E-state index in [2.05, 4.69) is 15.1 Å². The molecule has 2 fully saturated rings. The minimum atomic E-state index is -0.291. The Bertz CT molecular complexity index is 969. The summed E-state index contributed by atoms with van der Waals surface area (Å²) in [6.07, 6.45) is 2.86. The van der Waals surface area contributed by atoms with Crippen LogP contribution in [-0.2, 0) is 16.0 Å². The van der Waals surface area contributed by atoms with E-state index in [-0.39, 0.29) is 30.0 Å². The number of benzene rings is 2. The number of Topliss-reactive ketones (excluding diaryl/α,β-unsaturated/α-hetero) is 2. The normalized spacial score (nSPS) is 23.4. The summed E-state index contributed by atoms with van der Waals surface area (Å²) in [7, 11) is 0. The Kier molecular flexibility index (Phi) is 8.63. The molecule has 0 spiro atoms. The molecule has 1 heterocycles. The van der Waals surface area contributed by atoms with Gasteiger partial charge in [0.05, 0.1) is 12.2 Å². The number of hydrogen-bond acceptors (Lipinski definition) is 6. The van der Waals surface area contributed by atoms with Gasteiger partial charge in [-0.3, -0.25) is 19.4 Å². The monoisotopic (exact) mass is 461 g/mol. The van der Waals surface area contributed by atoms with Crippen molar-refractivity contribution in [2.24, 2.45) is 5.92 Å². The molecule has 2 aromatic rings. The summed E-state index contributed by atoms with van der Waals surface area (Å²) < 4.78 is 0. The van der Waals surface area contributed by atoms with Crippen LogP contribution in [0.5, 0.6) is 0 Å². The lowest BCUT2D eigenvalue weighted by Crippen LogP contribution is -2.48. The van der Waals surface area contributed by atoms with E-state index < -0.39 is 0 Å². The highest BCUT2D eigenvalue weighted by atomic mass is 16.3. The highest BCUT2D eigenvalue weighted by Crippen LogP contribution is 2.36. The number of rotatable bonds is 9. The van der Waals surface area contributed by atoms with Crippen molar-refractivity contribution in [2.75, 3.05) is 52.4 Å². The largest absolute Gasteiger partial charge is 0.395 e. The van der Waals surface area contributed by atoms with Crippen molar-refractivity contribution < 1.29 is 14.7 Å². The van der Waals surface area contributed by atoms with Gasteiger partial charge in [0.2, 0.25) is 0 Å². The lowest BCUT2D eigenvalue weighted by Gasteiger charge is -2.34. The molecule has 4 rings (SSSR count). The molecule has 2 N–H and O–H groups in total. The number of nitrogens with zero attached hydrogens (tertiary/aromatic N) is 2. The second kappa shape index (κ2) is 12.1. The van der Waals surface area contributed by atoms with E-state index in [9.17, 15) is 9.59 Å². The SMILES string of the molecule is O=C1/C(=C/NCCN2CCN(CCO)CC2)C(=O)[C@@H](Cc2ccccc2)CC1c1ccccc1. The molecule has 2 atom stereocenters. The number of aliphatic hydroxyl groups is 1. The summed E-state index contributed by atoms with van der Waals surface area (Å²) in [4.78, 5) is 31.3. The molecule has 2 aliphatic rings. The number of carbonyl (C=O) groups is 2. The zero-order chi connectivity index (χ0) is 23.8. The van der Waals surface area contributed by atoms with Crippen LogP contribution in [0.3, 0.4) is 0 Å². The molecule has 0 bridgehead atoms. The maximum Gasteiger partial charge on any atom is 0.175 e. The smallest absolute Gasteiger partial charge is 0.175 e. The van der Waals surface area contributed by atoms with E-state index >= 15 is 0 Å². The molecule has 2 aromatic carbocycles. The van der Waals surface area contributed by atoms with E-state index in [1.807, 2.05) is 60.7 Å². The van der Waals surface area contributed by atoms with Crippen molar-refractivity contribution in [1.29, 1.82) is 0 Å². The van der Waals surface area contributed by atoms with Crippen molar-refractivity contribution in [3.63, 3.8) is 0 Å². The Morgan fingerprint density at radius 1 is 0.853 bits per heavy atom. The Labute approximate surface area is 202 Å². The van der Waals surface area contributed by atoms with Crippen molar-refractivity contribution >= 4 is 11.6 Å². The third-order valence-electron chi connectivity index (χ3n) is 6.97. The molecule has 0 radical (unpaired) electrons. The third kappa shape index (κ3) is 6.20. The van der Waals surface area contributed by atoms with Gasteiger partial charge in [0.1, 0.15) is 0 Å². The number of hydrogen-bond donors (Lipinski definition) is 2. The summed E-state index contributed by atoms with van der Waals surface area (Å²) in [6.45, 7) is 6.31. The molecule has 1 saturated carbocycles. The minimum absolute atomic E-state index is 0.0499. The summed E-state index contributed by atoms with van der Waals surface area (Å²) >= 11 is 0. The number of β-amino-alcohol motifs (C(OH)–C–C–N with tert-alkyl or cyclic N) is 1. The second-order valence-corrected chi connectivity index (χ2v) is 9.23. The average Bonchev–Trinajstić information content (AvgIpc) is 2.87.